The van der Waals surface area contributed by atoms with Crippen LogP contribution in [0, 0.1) is 6.92 Å². The van der Waals surface area contributed by atoms with Crippen LogP contribution < -0.4 is 0 Å². The Morgan fingerprint density at radius 2 is 2.00 bits per heavy atom. The van der Waals surface area contributed by atoms with E-state index in [1.165, 1.54) is 12.0 Å². The van der Waals surface area contributed by atoms with Crippen LogP contribution in [0.4, 0.5) is 0 Å². The average molecular weight is 341 g/mol. The van der Waals surface area contributed by atoms with E-state index in [0.29, 0.717) is 6.04 Å². The predicted octanol–water partition coefficient (Wildman–Crippen LogP) is 2.57. The van der Waals surface area contributed by atoms with Crippen molar-refractivity contribution in [3.05, 3.63) is 41.7 Å². The number of fused-ring (bicyclic) bond motifs is 1. The summed E-state index contributed by atoms with van der Waals surface area (Å²) >= 11 is 0. The molecular weight excluding hydrogens is 314 g/mol. The highest BCUT2D eigenvalue weighted by Gasteiger charge is 2.29. The van der Waals surface area contributed by atoms with E-state index < -0.39 is 0 Å². The largest absolute Gasteiger partial charge is 0.379 e. The summed E-state index contributed by atoms with van der Waals surface area (Å²) in [7, 11) is 0. The van der Waals surface area contributed by atoms with Crippen LogP contribution in [0.15, 0.2) is 30.6 Å². The second kappa shape index (κ2) is 7.18. The van der Waals surface area contributed by atoms with Gasteiger partial charge in [-0.3, -0.25) is 9.69 Å². The summed E-state index contributed by atoms with van der Waals surface area (Å²) in [5.74, 6) is 0.172. The molecule has 4 rings (SSSR count). The fraction of sp³-hybridized carbons (Fsp3) is 0.550. The normalized spacial score (nSPS) is 22.4. The molecule has 0 radical (unpaired) electrons. The molecule has 0 saturated carbocycles. The topological polar surface area (TPSA) is 37.2 Å². The van der Waals surface area contributed by atoms with E-state index in [1.54, 1.807) is 0 Å². The van der Waals surface area contributed by atoms with Crippen LogP contribution in [0.3, 0.4) is 0 Å². The maximum Gasteiger partial charge on any atom is 0.255 e. The van der Waals surface area contributed by atoms with Crippen LogP contribution in [0.5, 0.6) is 0 Å². The number of rotatable bonds is 3. The molecule has 2 fully saturated rings. The maximum absolute atomic E-state index is 13.2. The zero-order valence-corrected chi connectivity index (χ0v) is 15.0. The van der Waals surface area contributed by atoms with Crippen molar-refractivity contribution in [2.24, 2.45) is 0 Å². The second-order valence-electron chi connectivity index (χ2n) is 7.33. The summed E-state index contributed by atoms with van der Waals surface area (Å²) in [6.45, 7) is 7.50. The molecule has 0 bridgehead atoms. The van der Waals surface area contributed by atoms with E-state index in [9.17, 15) is 4.79 Å². The number of nitrogens with zero attached hydrogens (tertiary/aromatic N) is 3. The molecule has 1 amide bonds. The van der Waals surface area contributed by atoms with Gasteiger partial charge in [-0.05, 0) is 49.9 Å². The Morgan fingerprint density at radius 1 is 1.16 bits per heavy atom. The molecule has 0 aromatic carbocycles. The fourth-order valence-corrected chi connectivity index (χ4v) is 4.08. The van der Waals surface area contributed by atoms with Crippen molar-refractivity contribution in [3.63, 3.8) is 0 Å². The van der Waals surface area contributed by atoms with E-state index in [4.69, 9.17) is 4.74 Å². The highest BCUT2D eigenvalue weighted by molar-refractivity contribution is 5.94. The molecule has 2 aromatic heterocycles. The molecule has 134 valence electrons. The molecule has 0 N–H and O–H groups in total. The number of likely N-dealkylation sites (tertiary alicyclic amines) is 1. The van der Waals surface area contributed by atoms with Crippen LogP contribution in [0.1, 0.15) is 35.2 Å². The van der Waals surface area contributed by atoms with Crippen molar-refractivity contribution < 1.29 is 9.53 Å². The molecule has 4 heterocycles. The third-order valence-electron chi connectivity index (χ3n) is 5.44. The van der Waals surface area contributed by atoms with Gasteiger partial charge in [0.1, 0.15) is 0 Å². The van der Waals surface area contributed by atoms with Gasteiger partial charge in [0.05, 0.1) is 18.8 Å². The number of hydrogen-bond acceptors (Lipinski definition) is 3. The molecule has 5 heteroatoms. The number of hydrogen-bond donors (Lipinski definition) is 0. The standard InChI is InChI=1S/C20H27N3O2/c1-16-12-18-6-5-17(14-22(18)13-16)20(24)23-7-3-2-4-19(23)15-21-8-10-25-11-9-21/h5-6,12-14,19H,2-4,7-11,15H2,1H3/t19-/m0/s1. The van der Waals surface area contributed by atoms with Gasteiger partial charge in [-0.25, -0.2) is 0 Å². The number of carbonyl (C=O) groups excluding carboxylic acids is 1. The molecule has 2 aliphatic rings. The Balaban J connectivity index is 1.52. The summed E-state index contributed by atoms with van der Waals surface area (Å²) in [5.41, 5.74) is 3.14. The van der Waals surface area contributed by atoms with Crippen LogP contribution >= 0.6 is 0 Å². The minimum absolute atomic E-state index is 0.172. The maximum atomic E-state index is 13.2. The third kappa shape index (κ3) is 3.58. The number of pyridine rings is 1. The predicted molar refractivity (Wildman–Crippen MR) is 98.1 cm³/mol. The number of piperidine rings is 1. The first-order valence-electron chi connectivity index (χ1n) is 9.40. The number of carbonyl (C=O) groups is 1. The molecule has 2 saturated heterocycles. The van der Waals surface area contributed by atoms with Gasteiger partial charge < -0.3 is 14.0 Å². The Kier molecular flexibility index (Phi) is 4.77. The van der Waals surface area contributed by atoms with E-state index in [2.05, 4.69) is 33.4 Å². The number of aryl methyl sites for hydroxylation is 1. The quantitative estimate of drug-likeness (QED) is 0.861. The van der Waals surface area contributed by atoms with Gasteiger partial charge >= 0.3 is 0 Å². The van der Waals surface area contributed by atoms with Crippen molar-refractivity contribution >= 4 is 11.4 Å². The van der Waals surface area contributed by atoms with Crippen molar-refractivity contribution in [2.75, 3.05) is 39.4 Å². The molecule has 0 spiro atoms. The van der Waals surface area contributed by atoms with Crippen LogP contribution in [-0.4, -0.2) is 65.5 Å². The van der Waals surface area contributed by atoms with Crippen LogP contribution in [-0.2, 0) is 4.74 Å². The highest BCUT2D eigenvalue weighted by atomic mass is 16.5. The summed E-state index contributed by atoms with van der Waals surface area (Å²) in [6.07, 6.45) is 7.48. The molecule has 2 aliphatic heterocycles. The SMILES string of the molecule is Cc1cc2ccc(C(=O)N3CCCC[C@H]3CN3CCOCC3)cn2c1. The molecule has 0 unspecified atom stereocenters. The first-order valence-corrected chi connectivity index (χ1v) is 9.40. The van der Waals surface area contributed by atoms with Gasteiger partial charge in [-0.1, -0.05) is 0 Å². The lowest BCUT2D eigenvalue weighted by molar-refractivity contribution is 0.0166. The lowest BCUT2D eigenvalue weighted by Crippen LogP contribution is -2.51. The van der Waals surface area contributed by atoms with Crippen LogP contribution in [0.25, 0.3) is 5.52 Å². The Morgan fingerprint density at radius 3 is 2.84 bits per heavy atom. The molecule has 25 heavy (non-hydrogen) atoms. The highest BCUT2D eigenvalue weighted by Crippen LogP contribution is 2.22. The minimum Gasteiger partial charge on any atom is -0.379 e. The summed E-state index contributed by atoms with van der Waals surface area (Å²) in [4.78, 5) is 17.7. The van der Waals surface area contributed by atoms with Gasteiger partial charge in [0.25, 0.3) is 5.91 Å². The van der Waals surface area contributed by atoms with Gasteiger partial charge in [0.15, 0.2) is 0 Å². The van der Waals surface area contributed by atoms with E-state index in [-0.39, 0.29) is 5.91 Å². The monoisotopic (exact) mass is 341 g/mol. The van der Waals surface area contributed by atoms with E-state index >= 15 is 0 Å². The van der Waals surface area contributed by atoms with Gasteiger partial charge in [0, 0.05) is 50.1 Å². The zero-order chi connectivity index (χ0) is 17.2. The van der Waals surface area contributed by atoms with Crippen molar-refractivity contribution in [1.29, 1.82) is 0 Å². The number of amides is 1. The van der Waals surface area contributed by atoms with Gasteiger partial charge in [0.2, 0.25) is 0 Å². The summed E-state index contributed by atoms with van der Waals surface area (Å²) < 4.78 is 7.51. The number of aromatic nitrogens is 1. The van der Waals surface area contributed by atoms with E-state index in [0.717, 1.165) is 63.3 Å². The molecule has 5 nitrogen and oxygen atoms in total. The Labute approximate surface area is 149 Å². The molecular formula is C20H27N3O2. The van der Waals surface area contributed by atoms with Crippen LogP contribution in [0.2, 0.25) is 0 Å². The lowest BCUT2D eigenvalue weighted by atomic mass is 10.00. The molecule has 0 aliphatic carbocycles. The van der Waals surface area contributed by atoms with Crippen molar-refractivity contribution in [1.82, 2.24) is 14.2 Å². The molecule has 1 atom stereocenters. The fourth-order valence-electron chi connectivity index (χ4n) is 4.08. The van der Waals surface area contributed by atoms with Crippen molar-refractivity contribution in [2.45, 2.75) is 32.2 Å². The molecule has 2 aromatic rings. The summed E-state index contributed by atoms with van der Waals surface area (Å²) in [6, 6.07) is 6.47. The van der Waals surface area contributed by atoms with Crippen molar-refractivity contribution in [3.8, 4) is 0 Å². The van der Waals surface area contributed by atoms with E-state index in [1.807, 2.05) is 18.3 Å². The Bertz CT molecular complexity index is 748. The smallest absolute Gasteiger partial charge is 0.255 e. The minimum atomic E-state index is 0.172. The first-order chi connectivity index (χ1) is 12.2. The number of morpholine rings is 1. The Hall–Kier alpha value is -1.85. The summed E-state index contributed by atoms with van der Waals surface area (Å²) in [5, 5.41) is 0. The zero-order valence-electron chi connectivity index (χ0n) is 15.0. The average Bonchev–Trinajstić information content (AvgIpc) is 3.01. The lowest BCUT2D eigenvalue weighted by Gasteiger charge is -2.39. The van der Waals surface area contributed by atoms with Gasteiger partial charge in [-0.15, -0.1) is 0 Å². The first kappa shape index (κ1) is 16.6. The second-order valence-corrected chi connectivity index (χ2v) is 7.33. The van der Waals surface area contributed by atoms with Gasteiger partial charge in [-0.2, -0.15) is 0 Å². The number of ether oxygens (including phenoxy) is 1. The third-order valence-corrected chi connectivity index (χ3v) is 5.44.